The summed E-state index contributed by atoms with van der Waals surface area (Å²) in [5.41, 5.74) is 1.10. The zero-order chi connectivity index (χ0) is 11.4. The summed E-state index contributed by atoms with van der Waals surface area (Å²) in [5, 5.41) is 11.5. The van der Waals surface area contributed by atoms with Crippen molar-refractivity contribution in [3.63, 3.8) is 0 Å². The molecule has 0 aliphatic carbocycles. The van der Waals surface area contributed by atoms with Gasteiger partial charge >= 0.3 is 0 Å². The minimum absolute atomic E-state index is 0.0740. The lowest BCUT2D eigenvalue weighted by Gasteiger charge is -2.15. The summed E-state index contributed by atoms with van der Waals surface area (Å²) in [6.07, 6.45) is 1.94. The zero-order valence-electron chi connectivity index (χ0n) is 9.21. The zero-order valence-corrected chi connectivity index (χ0v) is 10.0. The van der Waals surface area contributed by atoms with Crippen LogP contribution in [0.1, 0.15) is 12.5 Å². The van der Waals surface area contributed by atoms with Gasteiger partial charge in [0.05, 0.1) is 12.8 Å². The molecule has 3 nitrogen and oxygen atoms in total. The smallest absolute Gasteiger partial charge is 0.126 e. The van der Waals surface area contributed by atoms with Crippen LogP contribution < -0.4 is 5.32 Å². The van der Waals surface area contributed by atoms with E-state index in [9.17, 15) is 0 Å². The topological polar surface area (TPSA) is 27.6 Å². The summed E-state index contributed by atoms with van der Waals surface area (Å²) in [4.78, 5) is 0. The molecule has 84 valence electrons. The Morgan fingerprint density at radius 3 is 2.88 bits per heavy atom. The molecule has 0 saturated carbocycles. The second-order valence-corrected chi connectivity index (χ2v) is 4.20. The Hall–Kier alpha value is -1.26. The fraction of sp³-hybridized carbons (Fsp3) is 0.333. The van der Waals surface area contributed by atoms with Crippen molar-refractivity contribution in [2.75, 3.05) is 6.54 Å². The molecule has 1 aromatic carbocycles. The van der Waals surface area contributed by atoms with E-state index >= 15 is 0 Å². The molecule has 0 spiro atoms. The normalized spacial score (nSPS) is 25.2. The summed E-state index contributed by atoms with van der Waals surface area (Å²) in [6.45, 7) is 3.02. The van der Waals surface area contributed by atoms with E-state index in [4.69, 9.17) is 12.2 Å². The van der Waals surface area contributed by atoms with E-state index in [1.165, 1.54) is 0 Å². The molecular weight excluding hydrogens is 218 g/mol. The number of nitrogens with zero attached hydrogens (tertiary/aromatic N) is 2. The quantitative estimate of drug-likeness (QED) is 0.635. The van der Waals surface area contributed by atoms with Gasteiger partial charge in [-0.1, -0.05) is 42.5 Å². The fourth-order valence-electron chi connectivity index (χ4n) is 1.73. The molecule has 0 aromatic heterocycles. The monoisotopic (exact) mass is 233 g/mol. The average molecular weight is 233 g/mol. The molecule has 1 N–H and O–H groups in total. The van der Waals surface area contributed by atoms with Gasteiger partial charge in [-0.15, -0.1) is 0 Å². The van der Waals surface area contributed by atoms with Crippen LogP contribution in [-0.4, -0.2) is 35.3 Å². The molecule has 1 heterocycles. The van der Waals surface area contributed by atoms with E-state index < -0.39 is 0 Å². The van der Waals surface area contributed by atoms with Crippen LogP contribution in [0.15, 0.2) is 35.4 Å². The molecule has 16 heavy (non-hydrogen) atoms. The Kier molecular flexibility index (Phi) is 3.64. The lowest BCUT2D eigenvalue weighted by atomic mass is 10.2. The number of hydrazone groups is 1. The van der Waals surface area contributed by atoms with E-state index in [2.05, 4.69) is 17.3 Å². The van der Waals surface area contributed by atoms with Crippen molar-refractivity contribution in [1.82, 2.24) is 10.3 Å². The molecule has 2 rings (SSSR count). The van der Waals surface area contributed by atoms with Gasteiger partial charge in [-0.3, -0.25) is 10.3 Å². The largest absolute Gasteiger partial charge is 0.288 e. The standard InChI is InChI=1S/C12H15N3S/c1-10-8-15(12(9-16)14-10)13-7-11-5-3-2-4-6-11/h2-7,9-10,12,14H,8H2,1H3. The molecule has 1 aliphatic rings. The second kappa shape index (κ2) is 5.18. The molecule has 2 unspecified atom stereocenters. The Balaban J connectivity index is 2.04. The third-order valence-corrected chi connectivity index (χ3v) is 2.78. The van der Waals surface area contributed by atoms with Gasteiger partial charge in [0, 0.05) is 11.4 Å². The summed E-state index contributed by atoms with van der Waals surface area (Å²) in [7, 11) is 0. The number of rotatable bonds is 3. The van der Waals surface area contributed by atoms with Crippen LogP contribution in [0.2, 0.25) is 0 Å². The van der Waals surface area contributed by atoms with Crippen LogP contribution in [-0.2, 0) is 0 Å². The van der Waals surface area contributed by atoms with Gasteiger partial charge < -0.3 is 0 Å². The maximum atomic E-state index is 4.97. The molecule has 0 bridgehead atoms. The Labute approximate surface area is 101 Å². The Morgan fingerprint density at radius 2 is 2.19 bits per heavy atom. The number of hydrogen-bond acceptors (Lipinski definition) is 4. The molecule has 0 radical (unpaired) electrons. The fourth-order valence-corrected chi connectivity index (χ4v) is 1.95. The molecule has 2 atom stereocenters. The highest BCUT2D eigenvalue weighted by atomic mass is 32.1. The first kappa shape index (κ1) is 11.2. The molecule has 4 heteroatoms. The van der Waals surface area contributed by atoms with Crippen LogP contribution in [0.5, 0.6) is 0 Å². The van der Waals surface area contributed by atoms with Gasteiger partial charge in [0.15, 0.2) is 0 Å². The minimum Gasteiger partial charge on any atom is -0.288 e. The van der Waals surface area contributed by atoms with Gasteiger partial charge in [-0.2, -0.15) is 5.10 Å². The SMILES string of the molecule is CC1CN(N=Cc2ccccc2)C(C=S)N1. The van der Waals surface area contributed by atoms with Crippen molar-refractivity contribution in [3.05, 3.63) is 35.9 Å². The van der Waals surface area contributed by atoms with Crippen LogP contribution in [0.3, 0.4) is 0 Å². The maximum absolute atomic E-state index is 4.97. The molecule has 1 aliphatic heterocycles. The van der Waals surface area contributed by atoms with E-state index in [1.54, 1.807) is 5.37 Å². The Bertz CT molecular complexity index is 377. The highest BCUT2D eigenvalue weighted by molar-refractivity contribution is 7.79. The molecular formula is C12H15N3S. The Morgan fingerprint density at radius 1 is 1.44 bits per heavy atom. The van der Waals surface area contributed by atoms with E-state index in [1.807, 2.05) is 41.6 Å². The predicted molar refractivity (Wildman–Crippen MR) is 70.8 cm³/mol. The van der Waals surface area contributed by atoms with Gasteiger partial charge in [-0.25, -0.2) is 0 Å². The second-order valence-electron chi connectivity index (χ2n) is 3.93. The van der Waals surface area contributed by atoms with Crippen molar-refractivity contribution in [2.24, 2.45) is 5.10 Å². The number of thiocarbonyl (C=S) groups is 1. The van der Waals surface area contributed by atoms with Crippen LogP contribution in [0.25, 0.3) is 0 Å². The lowest BCUT2D eigenvalue weighted by Crippen LogP contribution is -2.34. The minimum atomic E-state index is 0.0740. The number of nitrogens with one attached hydrogen (secondary N) is 1. The van der Waals surface area contributed by atoms with Crippen molar-refractivity contribution >= 4 is 23.8 Å². The lowest BCUT2D eigenvalue weighted by molar-refractivity contribution is 0.317. The molecule has 1 saturated heterocycles. The van der Waals surface area contributed by atoms with Crippen molar-refractivity contribution in [1.29, 1.82) is 0 Å². The predicted octanol–water partition coefficient (Wildman–Crippen LogP) is 1.64. The van der Waals surface area contributed by atoms with Crippen LogP contribution in [0.4, 0.5) is 0 Å². The molecule has 1 aromatic rings. The first-order valence-corrected chi connectivity index (χ1v) is 5.84. The first-order valence-electron chi connectivity index (χ1n) is 5.36. The first-order chi connectivity index (χ1) is 7.79. The highest BCUT2D eigenvalue weighted by Crippen LogP contribution is 2.07. The van der Waals surface area contributed by atoms with Gasteiger partial charge in [0.1, 0.15) is 6.17 Å². The summed E-state index contributed by atoms with van der Waals surface area (Å²) < 4.78 is 0. The molecule has 1 fully saturated rings. The van der Waals surface area contributed by atoms with E-state index in [0.29, 0.717) is 6.04 Å². The number of hydrogen-bond donors (Lipinski definition) is 1. The molecule has 0 amide bonds. The maximum Gasteiger partial charge on any atom is 0.126 e. The van der Waals surface area contributed by atoms with E-state index in [0.717, 1.165) is 12.1 Å². The van der Waals surface area contributed by atoms with Crippen molar-refractivity contribution < 1.29 is 0 Å². The van der Waals surface area contributed by atoms with Gasteiger partial charge in [0.2, 0.25) is 0 Å². The van der Waals surface area contributed by atoms with Gasteiger partial charge in [0.25, 0.3) is 0 Å². The van der Waals surface area contributed by atoms with Crippen molar-refractivity contribution in [3.8, 4) is 0 Å². The number of benzene rings is 1. The summed E-state index contributed by atoms with van der Waals surface area (Å²) >= 11 is 4.97. The van der Waals surface area contributed by atoms with Crippen LogP contribution in [0, 0.1) is 0 Å². The highest BCUT2D eigenvalue weighted by Gasteiger charge is 2.25. The third-order valence-electron chi connectivity index (χ3n) is 2.52. The van der Waals surface area contributed by atoms with Crippen LogP contribution >= 0.6 is 12.2 Å². The van der Waals surface area contributed by atoms with E-state index in [-0.39, 0.29) is 6.17 Å². The van der Waals surface area contributed by atoms with Gasteiger partial charge in [-0.05, 0) is 12.5 Å². The third kappa shape index (κ3) is 2.65. The summed E-state index contributed by atoms with van der Waals surface area (Å²) in [6, 6.07) is 10.5. The summed E-state index contributed by atoms with van der Waals surface area (Å²) in [5.74, 6) is 0. The average Bonchev–Trinajstić information content (AvgIpc) is 2.68. The van der Waals surface area contributed by atoms with Crippen molar-refractivity contribution in [2.45, 2.75) is 19.1 Å².